The summed E-state index contributed by atoms with van der Waals surface area (Å²) in [4.78, 5) is 22.0. The van der Waals surface area contributed by atoms with Gasteiger partial charge in [0.2, 0.25) is 5.91 Å². The second-order valence-electron chi connectivity index (χ2n) is 4.58. The standard InChI is InChI=1S/C15H21NO4/c1-3-12-6-8-13(9-7-12)20-10-4-5-14(17)16-11(2)15(18)19/h6-9,11H,3-5,10H2,1-2H3,(H,16,17)(H,18,19). The maximum Gasteiger partial charge on any atom is 0.325 e. The molecule has 20 heavy (non-hydrogen) atoms. The first kappa shape index (κ1) is 16.0. The zero-order valence-electron chi connectivity index (χ0n) is 11.9. The first-order valence-electron chi connectivity index (χ1n) is 6.76. The SMILES string of the molecule is CCc1ccc(OCCCC(=O)NC(C)C(=O)O)cc1. The average Bonchev–Trinajstić information content (AvgIpc) is 2.44. The summed E-state index contributed by atoms with van der Waals surface area (Å²) in [6.45, 7) is 3.96. The maximum absolute atomic E-state index is 11.4. The van der Waals surface area contributed by atoms with Gasteiger partial charge in [-0.25, -0.2) is 0 Å². The molecule has 0 aliphatic carbocycles. The molecule has 1 unspecified atom stereocenters. The summed E-state index contributed by atoms with van der Waals surface area (Å²) in [5.41, 5.74) is 1.25. The Morgan fingerprint density at radius 1 is 1.30 bits per heavy atom. The van der Waals surface area contributed by atoms with Crippen LogP contribution in [0.4, 0.5) is 0 Å². The monoisotopic (exact) mass is 279 g/mol. The van der Waals surface area contributed by atoms with E-state index in [0.29, 0.717) is 13.0 Å². The van der Waals surface area contributed by atoms with Crippen molar-refractivity contribution in [3.63, 3.8) is 0 Å². The Morgan fingerprint density at radius 3 is 2.50 bits per heavy atom. The van der Waals surface area contributed by atoms with E-state index in [0.717, 1.165) is 12.2 Å². The number of amides is 1. The molecular weight excluding hydrogens is 258 g/mol. The highest BCUT2D eigenvalue weighted by atomic mass is 16.5. The molecule has 0 saturated heterocycles. The van der Waals surface area contributed by atoms with Crippen molar-refractivity contribution in [3.05, 3.63) is 29.8 Å². The molecule has 0 radical (unpaired) electrons. The van der Waals surface area contributed by atoms with Gasteiger partial charge in [-0.2, -0.15) is 0 Å². The van der Waals surface area contributed by atoms with Crippen LogP contribution in [0.3, 0.4) is 0 Å². The van der Waals surface area contributed by atoms with Crippen LogP contribution < -0.4 is 10.1 Å². The maximum atomic E-state index is 11.4. The molecule has 0 spiro atoms. The highest BCUT2D eigenvalue weighted by Crippen LogP contribution is 2.12. The highest BCUT2D eigenvalue weighted by molar-refractivity contribution is 5.83. The molecule has 0 aliphatic heterocycles. The average molecular weight is 279 g/mol. The van der Waals surface area contributed by atoms with Gasteiger partial charge < -0.3 is 15.2 Å². The van der Waals surface area contributed by atoms with Gasteiger partial charge in [-0.05, 0) is 37.5 Å². The fraction of sp³-hybridized carbons (Fsp3) is 0.467. The summed E-state index contributed by atoms with van der Waals surface area (Å²) < 4.78 is 5.51. The number of benzene rings is 1. The van der Waals surface area contributed by atoms with Gasteiger partial charge in [0.05, 0.1) is 6.61 Å². The fourth-order valence-corrected chi connectivity index (χ4v) is 1.62. The molecular formula is C15H21NO4. The lowest BCUT2D eigenvalue weighted by molar-refractivity contribution is -0.141. The van der Waals surface area contributed by atoms with E-state index in [1.807, 2.05) is 24.3 Å². The van der Waals surface area contributed by atoms with Crippen molar-refractivity contribution in [1.29, 1.82) is 0 Å². The molecule has 0 bridgehead atoms. The van der Waals surface area contributed by atoms with Crippen molar-refractivity contribution in [2.75, 3.05) is 6.61 Å². The lowest BCUT2D eigenvalue weighted by atomic mass is 10.2. The van der Waals surface area contributed by atoms with Crippen LogP contribution in [0.5, 0.6) is 5.75 Å². The second-order valence-corrected chi connectivity index (χ2v) is 4.58. The molecule has 1 amide bonds. The van der Waals surface area contributed by atoms with E-state index >= 15 is 0 Å². The van der Waals surface area contributed by atoms with E-state index in [9.17, 15) is 9.59 Å². The Hall–Kier alpha value is -2.04. The van der Waals surface area contributed by atoms with E-state index < -0.39 is 12.0 Å². The lowest BCUT2D eigenvalue weighted by Crippen LogP contribution is -2.38. The number of carboxylic acid groups (broad SMARTS) is 1. The van der Waals surface area contributed by atoms with Crippen LogP contribution in [0.2, 0.25) is 0 Å². The number of rotatable bonds is 8. The Kier molecular flexibility index (Phi) is 6.56. The molecule has 0 aliphatic rings. The Balaban J connectivity index is 2.20. The van der Waals surface area contributed by atoms with Gasteiger partial charge in [0, 0.05) is 6.42 Å². The van der Waals surface area contributed by atoms with Gasteiger partial charge in [-0.1, -0.05) is 19.1 Å². The number of carboxylic acids is 1. The van der Waals surface area contributed by atoms with Crippen LogP contribution in [0.15, 0.2) is 24.3 Å². The van der Waals surface area contributed by atoms with Gasteiger partial charge in [0.15, 0.2) is 0 Å². The van der Waals surface area contributed by atoms with Crippen LogP contribution in [0, 0.1) is 0 Å². The normalized spacial score (nSPS) is 11.7. The second kappa shape index (κ2) is 8.19. The topological polar surface area (TPSA) is 75.6 Å². The van der Waals surface area contributed by atoms with Crippen LogP contribution in [0.25, 0.3) is 0 Å². The van der Waals surface area contributed by atoms with Crippen LogP contribution in [-0.2, 0) is 16.0 Å². The molecule has 5 heteroatoms. The van der Waals surface area contributed by atoms with Crippen molar-refractivity contribution in [1.82, 2.24) is 5.32 Å². The predicted molar refractivity (Wildman–Crippen MR) is 75.8 cm³/mol. The predicted octanol–water partition coefficient (Wildman–Crippen LogP) is 2.00. The lowest BCUT2D eigenvalue weighted by Gasteiger charge is -2.09. The van der Waals surface area contributed by atoms with E-state index in [1.165, 1.54) is 12.5 Å². The molecule has 0 aromatic heterocycles. The number of carbonyl (C=O) groups excluding carboxylic acids is 1. The molecule has 110 valence electrons. The minimum absolute atomic E-state index is 0.255. The number of aryl methyl sites for hydroxylation is 1. The number of nitrogens with one attached hydrogen (secondary N) is 1. The van der Waals surface area contributed by atoms with E-state index in [2.05, 4.69) is 12.2 Å². The minimum Gasteiger partial charge on any atom is -0.494 e. The van der Waals surface area contributed by atoms with E-state index in [4.69, 9.17) is 9.84 Å². The molecule has 0 heterocycles. The summed E-state index contributed by atoms with van der Waals surface area (Å²) >= 11 is 0. The Labute approximate surface area is 118 Å². The summed E-state index contributed by atoms with van der Waals surface area (Å²) in [6.07, 6.45) is 1.79. The Bertz CT molecular complexity index is 442. The number of carbonyl (C=O) groups is 2. The first-order chi connectivity index (χ1) is 9.52. The Morgan fingerprint density at radius 2 is 1.95 bits per heavy atom. The number of hydrogen-bond acceptors (Lipinski definition) is 3. The van der Waals surface area contributed by atoms with Crippen LogP contribution >= 0.6 is 0 Å². The zero-order chi connectivity index (χ0) is 15.0. The van der Waals surface area contributed by atoms with Crippen molar-refractivity contribution in [2.24, 2.45) is 0 Å². The van der Waals surface area contributed by atoms with E-state index in [-0.39, 0.29) is 12.3 Å². The molecule has 0 saturated carbocycles. The van der Waals surface area contributed by atoms with Gasteiger partial charge in [0.25, 0.3) is 0 Å². The molecule has 1 aromatic rings. The van der Waals surface area contributed by atoms with Gasteiger partial charge >= 0.3 is 5.97 Å². The van der Waals surface area contributed by atoms with Gasteiger partial charge in [0.1, 0.15) is 11.8 Å². The van der Waals surface area contributed by atoms with Crippen molar-refractivity contribution in [2.45, 2.75) is 39.2 Å². The number of aliphatic carboxylic acids is 1. The summed E-state index contributed by atoms with van der Waals surface area (Å²) in [7, 11) is 0. The highest BCUT2D eigenvalue weighted by Gasteiger charge is 2.13. The van der Waals surface area contributed by atoms with Gasteiger partial charge in [-0.3, -0.25) is 9.59 Å². The molecule has 5 nitrogen and oxygen atoms in total. The van der Waals surface area contributed by atoms with Crippen molar-refractivity contribution in [3.8, 4) is 5.75 Å². The summed E-state index contributed by atoms with van der Waals surface area (Å²) in [6, 6.07) is 6.98. The fourth-order valence-electron chi connectivity index (χ4n) is 1.62. The quantitative estimate of drug-likeness (QED) is 0.714. The van der Waals surface area contributed by atoms with E-state index in [1.54, 1.807) is 0 Å². The molecule has 1 aromatic carbocycles. The van der Waals surface area contributed by atoms with Crippen molar-refractivity contribution < 1.29 is 19.4 Å². The van der Waals surface area contributed by atoms with Crippen LogP contribution in [0.1, 0.15) is 32.3 Å². The van der Waals surface area contributed by atoms with Crippen LogP contribution in [-0.4, -0.2) is 29.6 Å². The number of hydrogen-bond donors (Lipinski definition) is 2. The first-order valence-corrected chi connectivity index (χ1v) is 6.76. The zero-order valence-corrected chi connectivity index (χ0v) is 11.9. The third kappa shape index (κ3) is 5.73. The largest absolute Gasteiger partial charge is 0.494 e. The van der Waals surface area contributed by atoms with Crippen molar-refractivity contribution >= 4 is 11.9 Å². The number of ether oxygens (including phenoxy) is 1. The van der Waals surface area contributed by atoms with Gasteiger partial charge in [-0.15, -0.1) is 0 Å². The third-order valence-electron chi connectivity index (χ3n) is 2.90. The molecule has 0 fully saturated rings. The molecule has 1 rings (SSSR count). The summed E-state index contributed by atoms with van der Waals surface area (Å²) in [5, 5.41) is 11.1. The minimum atomic E-state index is -1.04. The summed E-state index contributed by atoms with van der Waals surface area (Å²) in [5.74, 6) is -0.531. The smallest absolute Gasteiger partial charge is 0.325 e. The molecule has 2 N–H and O–H groups in total. The molecule has 1 atom stereocenters. The third-order valence-corrected chi connectivity index (χ3v) is 2.90.